The molecule has 0 saturated carbocycles. The minimum atomic E-state index is -0.139. The molecule has 82 valence electrons. The zero-order chi connectivity index (χ0) is 11.4. The molecule has 0 bridgehead atoms. The van der Waals surface area contributed by atoms with Crippen LogP contribution in [0.3, 0.4) is 0 Å². The Kier molecular flexibility index (Phi) is 3.00. The minimum absolute atomic E-state index is 0.139. The van der Waals surface area contributed by atoms with E-state index in [9.17, 15) is 4.79 Å². The van der Waals surface area contributed by atoms with Gasteiger partial charge in [-0.1, -0.05) is 18.2 Å². The summed E-state index contributed by atoms with van der Waals surface area (Å²) in [5, 5.41) is 0. The number of aromatic nitrogens is 2. The standard InChI is InChI=1S/C12H12N2O2/c1-16-11-5-3-2-4-9(11)6-10-7-12(15)14-8-13-10/h2-5,7-8H,6H2,1H3,(H,13,14,15). The lowest BCUT2D eigenvalue weighted by Crippen LogP contribution is -2.07. The third kappa shape index (κ3) is 2.28. The van der Waals surface area contributed by atoms with Crippen molar-refractivity contribution in [1.82, 2.24) is 9.97 Å². The van der Waals surface area contributed by atoms with Crippen molar-refractivity contribution < 1.29 is 4.74 Å². The molecule has 4 heteroatoms. The second-order valence-corrected chi connectivity index (χ2v) is 3.39. The van der Waals surface area contributed by atoms with Crippen LogP contribution in [0.15, 0.2) is 41.5 Å². The van der Waals surface area contributed by atoms with E-state index in [2.05, 4.69) is 9.97 Å². The van der Waals surface area contributed by atoms with E-state index in [4.69, 9.17) is 4.74 Å². The number of methoxy groups -OCH3 is 1. The Morgan fingerprint density at radius 3 is 2.94 bits per heavy atom. The average molecular weight is 216 g/mol. The molecule has 0 aliphatic heterocycles. The maximum absolute atomic E-state index is 11.1. The molecule has 2 aromatic rings. The van der Waals surface area contributed by atoms with E-state index in [1.54, 1.807) is 7.11 Å². The quantitative estimate of drug-likeness (QED) is 0.843. The molecule has 1 aromatic heterocycles. The molecule has 0 aliphatic carbocycles. The fourth-order valence-corrected chi connectivity index (χ4v) is 1.55. The summed E-state index contributed by atoms with van der Waals surface area (Å²) in [5.41, 5.74) is 1.61. The van der Waals surface area contributed by atoms with Crippen molar-refractivity contribution in [3.05, 3.63) is 58.3 Å². The highest BCUT2D eigenvalue weighted by atomic mass is 16.5. The predicted octanol–water partition coefficient (Wildman–Crippen LogP) is 1.37. The molecule has 0 fully saturated rings. The van der Waals surface area contributed by atoms with Gasteiger partial charge in [0, 0.05) is 18.1 Å². The van der Waals surface area contributed by atoms with Gasteiger partial charge < -0.3 is 9.72 Å². The zero-order valence-corrected chi connectivity index (χ0v) is 8.93. The summed E-state index contributed by atoms with van der Waals surface area (Å²) < 4.78 is 5.23. The second-order valence-electron chi connectivity index (χ2n) is 3.39. The SMILES string of the molecule is COc1ccccc1Cc1cc(=O)[nH]cn1. The van der Waals surface area contributed by atoms with E-state index in [1.165, 1.54) is 12.4 Å². The number of nitrogens with zero attached hydrogens (tertiary/aromatic N) is 1. The molecular formula is C12H12N2O2. The summed E-state index contributed by atoms with van der Waals surface area (Å²) in [6.45, 7) is 0. The van der Waals surface area contributed by atoms with Crippen molar-refractivity contribution in [3.8, 4) is 5.75 Å². The summed E-state index contributed by atoms with van der Waals surface area (Å²) >= 11 is 0. The summed E-state index contributed by atoms with van der Waals surface area (Å²) in [7, 11) is 1.63. The number of nitrogens with one attached hydrogen (secondary N) is 1. The topological polar surface area (TPSA) is 55.0 Å². The van der Waals surface area contributed by atoms with Gasteiger partial charge in [-0.2, -0.15) is 0 Å². The summed E-state index contributed by atoms with van der Waals surface area (Å²) in [5.74, 6) is 0.810. The first-order chi connectivity index (χ1) is 7.79. The lowest BCUT2D eigenvalue weighted by molar-refractivity contribution is 0.410. The highest BCUT2D eigenvalue weighted by Gasteiger charge is 2.03. The van der Waals surface area contributed by atoms with Gasteiger partial charge in [0.25, 0.3) is 5.56 Å². The number of H-pyrrole nitrogens is 1. The Labute approximate surface area is 92.9 Å². The second kappa shape index (κ2) is 4.61. The van der Waals surface area contributed by atoms with E-state index in [-0.39, 0.29) is 5.56 Å². The van der Waals surface area contributed by atoms with Gasteiger partial charge in [-0.15, -0.1) is 0 Å². The molecule has 0 radical (unpaired) electrons. The molecule has 0 amide bonds. The van der Waals surface area contributed by atoms with Crippen molar-refractivity contribution in [1.29, 1.82) is 0 Å². The number of aromatic amines is 1. The van der Waals surface area contributed by atoms with Gasteiger partial charge in [0.15, 0.2) is 0 Å². The highest BCUT2D eigenvalue weighted by Crippen LogP contribution is 2.19. The number of para-hydroxylation sites is 1. The van der Waals surface area contributed by atoms with Crippen molar-refractivity contribution in [2.75, 3.05) is 7.11 Å². The first-order valence-electron chi connectivity index (χ1n) is 4.95. The maximum Gasteiger partial charge on any atom is 0.250 e. The lowest BCUT2D eigenvalue weighted by Gasteiger charge is -2.06. The Morgan fingerprint density at radius 1 is 1.38 bits per heavy atom. The van der Waals surface area contributed by atoms with Crippen molar-refractivity contribution in [2.24, 2.45) is 0 Å². The smallest absolute Gasteiger partial charge is 0.250 e. The average Bonchev–Trinajstić information content (AvgIpc) is 2.30. The molecule has 2 rings (SSSR count). The zero-order valence-electron chi connectivity index (χ0n) is 8.93. The van der Waals surface area contributed by atoms with E-state index in [0.29, 0.717) is 6.42 Å². The largest absolute Gasteiger partial charge is 0.496 e. The maximum atomic E-state index is 11.1. The predicted molar refractivity (Wildman–Crippen MR) is 60.7 cm³/mol. The first-order valence-corrected chi connectivity index (χ1v) is 4.95. The van der Waals surface area contributed by atoms with Crippen molar-refractivity contribution in [3.63, 3.8) is 0 Å². The highest BCUT2D eigenvalue weighted by molar-refractivity contribution is 5.35. The number of benzene rings is 1. The first kappa shape index (κ1) is 10.4. The molecule has 1 heterocycles. The van der Waals surface area contributed by atoms with Gasteiger partial charge in [-0.05, 0) is 6.07 Å². The van der Waals surface area contributed by atoms with Gasteiger partial charge >= 0.3 is 0 Å². The normalized spacial score (nSPS) is 10.1. The number of rotatable bonds is 3. The van der Waals surface area contributed by atoms with Crippen molar-refractivity contribution in [2.45, 2.75) is 6.42 Å². The summed E-state index contributed by atoms with van der Waals surface area (Å²) in [6.07, 6.45) is 2.00. The van der Waals surface area contributed by atoms with E-state index in [1.807, 2.05) is 24.3 Å². The van der Waals surface area contributed by atoms with Gasteiger partial charge in [-0.25, -0.2) is 4.98 Å². The summed E-state index contributed by atoms with van der Waals surface area (Å²) in [6, 6.07) is 9.19. The van der Waals surface area contributed by atoms with Crippen LogP contribution in [-0.2, 0) is 6.42 Å². The Morgan fingerprint density at radius 2 is 2.19 bits per heavy atom. The van der Waals surface area contributed by atoms with Gasteiger partial charge in [0.05, 0.1) is 19.1 Å². The fourth-order valence-electron chi connectivity index (χ4n) is 1.55. The van der Waals surface area contributed by atoms with E-state index >= 15 is 0 Å². The van der Waals surface area contributed by atoms with Gasteiger partial charge in [0.1, 0.15) is 5.75 Å². The Bertz CT molecular complexity index is 534. The van der Waals surface area contributed by atoms with Crippen LogP contribution in [-0.4, -0.2) is 17.1 Å². The van der Waals surface area contributed by atoms with Crippen LogP contribution in [0, 0.1) is 0 Å². The molecule has 1 aromatic carbocycles. The van der Waals surface area contributed by atoms with Crippen LogP contribution >= 0.6 is 0 Å². The Balaban J connectivity index is 2.30. The molecular weight excluding hydrogens is 204 g/mol. The monoisotopic (exact) mass is 216 g/mol. The third-order valence-electron chi connectivity index (χ3n) is 2.30. The fraction of sp³-hybridized carbons (Fsp3) is 0.167. The van der Waals surface area contributed by atoms with Crippen LogP contribution in [0.25, 0.3) is 0 Å². The number of ether oxygens (including phenoxy) is 1. The number of hydrogen-bond acceptors (Lipinski definition) is 3. The molecule has 0 atom stereocenters. The molecule has 0 spiro atoms. The molecule has 4 nitrogen and oxygen atoms in total. The third-order valence-corrected chi connectivity index (χ3v) is 2.30. The van der Waals surface area contributed by atoms with E-state index in [0.717, 1.165) is 17.0 Å². The Hall–Kier alpha value is -2.10. The molecule has 16 heavy (non-hydrogen) atoms. The minimum Gasteiger partial charge on any atom is -0.496 e. The van der Waals surface area contributed by atoms with Gasteiger partial charge in [0.2, 0.25) is 0 Å². The summed E-state index contributed by atoms with van der Waals surface area (Å²) in [4.78, 5) is 17.7. The van der Waals surface area contributed by atoms with Crippen LogP contribution in [0.1, 0.15) is 11.3 Å². The molecule has 1 N–H and O–H groups in total. The van der Waals surface area contributed by atoms with Crippen LogP contribution in [0.4, 0.5) is 0 Å². The molecule has 0 saturated heterocycles. The number of hydrogen-bond donors (Lipinski definition) is 1. The van der Waals surface area contributed by atoms with Gasteiger partial charge in [-0.3, -0.25) is 4.79 Å². The van der Waals surface area contributed by atoms with Crippen LogP contribution in [0.2, 0.25) is 0 Å². The van der Waals surface area contributed by atoms with Crippen LogP contribution in [0.5, 0.6) is 5.75 Å². The molecule has 0 aliphatic rings. The van der Waals surface area contributed by atoms with Crippen molar-refractivity contribution >= 4 is 0 Å². The molecule has 0 unspecified atom stereocenters. The lowest BCUT2D eigenvalue weighted by atomic mass is 10.1. The van der Waals surface area contributed by atoms with Crippen LogP contribution < -0.4 is 10.3 Å². The van der Waals surface area contributed by atoms with E-state index < -0.39 is 0 Å².